The molecule has 0 atom stereocenters. The van der Waals surface area contributed by atoms with E-state index >= 15 is 0 Å². The van der Waals surface area contributed by atoms with Crippen LogP contribution in [0.2, 0.25) is 0 Å². The number of rotatable bonds is 4. The topological polar surface area (TPSA) is 88.8 Å². The molecule has 1 aliphatic rings. The lowest BCUT2D eigenvalue weighted by Gasteiger charge is -2.33. The number of amides is 2. The van der Waals surface area contributed by atoms with Crippen molar-refractivity contribution in [2.75, 3.05) is 38.5 Å². The van der Waals surface area contributed by atoms with Gasteiger partial charge in [-0.1, -0.05) is 60.7 Å². The Balaban J connectivity index is 1.53. The zero-order valence-corrected chi connectivity index (χ0v) is 20.3. The normalized spacial score (nSPS) is 13.7. The van der Waals surface area contributed by atoms with Gasteiger partial charge in [0, 0.05) is 37.1 Å². The van der Waals surface area contributed by atoms with E-state index in [2.05, 4.69) is 0 Å². The van der Waals surface area contributed by atoms with E-state index in [4.69, 9.17) is 15.5 Å². The van der Waals surface area contributed by atoms with E-state index in [1.807, 2.05) is 66.7 Å². The number of thiophene rings is 1. The van der Waals surface area contributed by atoms with Crippen molar-refractivity contribution >= 4 is 39.2 Å². The molecule has 0 bridgehead atoms. The highest BCUT2D eigenvalue weighted by Gasteiger charge is 2.29. The summed E-state index contributed by atoms with van der Waals surface area (Å²) in [6.07, 6.45) is -0.342. The number of benzene rings is 2. The van der Waals surface area contributed by atoms with Crippen molar-refractivity contribution in [1.82, 2.24) is 14.8 Å². The van der Waals surface area contributed by atoms with Crippen LogP contribution < -0.4 is 5.73 Å². The Hall–Kier alpha value is -3.91. The molecule has 2 N–H and O–H groups in total. The van der Waals surface area contributed by atoms with Gasteiger partial charge in [0.05, 0.1) is 18.0 Å². The first kappa shape index (κ1) is 22.9. The van der Waals surface area contributed by atoms with Gasteiger partial charge >= 0.3 is 6.09 Å². The molecule has 7 nitrogen and oxygen atoms in total. The Labute approximate surface area is 207 Å². The molecule has 4 aromatic rings. The number of nitrogen functional groups attached to an aromatic ring is 1. The summed E-state index contributed by atoms with van der Waals surface area (Å²) >= 11 is 1.33. The van der Waals surface area contributed by atoms with Crippen molar-refractivity contribution in [3.8, 4) is 22.4 Å². The van der Waals surface area contributed by atoms with Crippen molar-refractivity contribution in [3.63, 3.8) is 0 Å². The number of pyridine rings is 1. The molecule has 0 unspecified atom stereocenters. The molecule has 1 fully saturated rings. The van der Waals surface area contributed by atoms with Gasteiger partial charge in [-0.05, 0) is 24.1 Å². The molecule has 178 valence electrons. The van der Waals surface area contributed by atoms with Crippen molar-refractivity contribution in [1.29, 1.82) is 0 Å². The number of hydrogen-bond acceptors (Lipinski definition) is 6. The second kappa shape index (κ2) is 9.76. The van der Waals surface area contributed by atoms with E-state index in [-0.39, 0.29) is 12.0 Å². The van der Waals surface area contributed by atoms with E-state index in [1.165, 1.54) is 11.3 Å². The minimum absolute atomic E-state index is 0.130. The first-order chi connectivity index (χ1) is 17.1. The number of piperazine rings is 1. The summed E-state index contributed by atoms with van der Waals surface area (Å²) in [5.74, 6) is -0.130. The number of aromatic nitrogens is 1. The highest BCUT2D eigenvalue weighted by atomic mass is 32.1. The van der Waals surface area contributed by atoms with Crippen LogP contribution in [0.5, 0.6) is 0 Å². The summed E-state index contributed by atoms with van der Waals surface area (Å²) in [4.78, 5) is 35.0. The van der Waals surface area contributed by atoms with Crippen LogP contribution >= 0.6 is 11.3 Å². The molecular weight excluding hydrogens is 460 g/mol. The van der Waals surface area contributed by atoms with E-state index in [1.54, 1.807) is 16.7 Å². The fraction of sp³-hybridized carbons (Fsp3) is 0.222. The maximum atomic E-state index is 13.5. The van der Waals surface area contributed by atoms with E-state index in [0.717, 1.165) is 32.6 Å². The average Bonchev–Trinajstić information content (AvgIpc) is 3.25. The predicted molar refractivity (Wildman–Crippen MR) is 139 cm³/mol. The molecule has 0 aliphatic carbocycles. The summed E-state index contributed by atoms with van der Waals surface area (Å²) in [6, 6.07) is 22.1. The van der Waals surface area contributed by atoms with Crippen LogP contribution in [0.15, 0.2) is 66.7 Å². The fourth-order valence-electron chi connectivity index (χ4n) is 4.33. The predicted octanol–water partition coefficient (Wildman–Crippen LogP) is 5.13. The van der Waals surface area contributed by atoms with E-state index in [9.17, 15) is 9.59 Å². The van der Waals surface area contributed by atoms with Crippen LogP contribution in [-0.2, 0) is 4.74 Å². The largest absolute Gasteiger partial charge is 0.450 e. The average molecular weight is 487 g/mol. The monoisotopic (exact) mass is 486 g/mol. The van der Waals surface area contributed by atoms with Crippen molar-refractivity contribution in [3.05, 3.63) is 71.6 Å². The number of nitrogens with zero attached hydrogens (tertiary/aromatic N) is 3. The summed E-state index contributed by atoms with van der Waals surface area (Å²) in [7, 11) is 0. The Kier molecular flexibility index (Phi) is 6.37. The smallest absolute Gasteiger partial charge is 0.409 e. The third-order valence-corrected chi connectivity index (χ3v) is 7.23. The minimum Gasteiger partial charge on any atom is -0.450 e. The van der Waals surface area contributed by atoms with Gasteiger partial charge in [-0.2, -0.15) is 0 Å². The number of hydrogen-bond donors (Lipinski definition) is 1. The van der Waals surface area contributed by atoms with Gasteiger partial charge in [0.2, 0.25) is 0 Å². The quantitative estimate of drug-likeness (QED) is 0.432. The fourth-order valence-corrected chi connectivity index (χ4v) is 5.42. The number of ether oxygens (including phenoxy) is 1. The molecule has 0 saturated carbocycles. The van der Waals surface area contributed by atoms with E-state index < -0.39 is 0 Å². The van der Waals surface area contributed by atoms with Gasteiger partial charge in [-0.25, -0.2) is 9.78 Å². The molecule has 2 amide bonds. The molecule has 2 aromatic heterocycles. The van der Waals surface area contributed by atoms with Crippen LogP contribution in [-0.4, -0.2) is 59.6 Å². The molecule has 0 spiro atoms. The molecule has 35 heavy (non-hydrogen) atoms. The van der Waals surface area contributed by atoms with Crippen LogP contribution in [0.25, 0.3) is 32.6 Å². The van der Waals surface area contributed by atoms with Crippen molar-refractivity contribution < 1.29 is 14.3 Å². The molecule has 1 aliphatic heterocycles. The Bertz CT molecular complexity index is 1360. The standard InChI is InChI=1S/C27H26N4O3S/c1-2-34-27(33)31-15-13-30(14-16-31)26(32)24-23(28)22-20(18-9-5-3-6-10-18)17-21(29-25(22)35-24)19-11-7-4-8-12-19/h3-12,17H,2,13-16,28H2,1H3. The van der Waals surface area contributed by atoms with Crippen molar-refractivity contribution in [2.24, 2.45) is 0 Å². The number of carbonyl (C=O) groups excluding carboxylic acids is 2. The first-order valence-corrected chi connectivity index (χ1v) is 12.4. The van der Waals surface area contributed by atoms with Crippen LogP contribution in [0.1, 0.15) is 16.6 Å². The number of fused-ring (bicyclic) bond motifs is 1. The van der Waals surface area contributed by atoms with Gasteiger partial charge < -0.3 is 20.3 Å². The third-order valence-electron chi connectivity index (χ3n) is 6.14. The second-order valence-electron chi connectivity index (χ2n) is 8.29. The Morgan fingerprint density at radius 2 is 1.54 bits per heavy atom. The van der Waals surface area contributed by atoms with Gasteiger partial charge in [-0.15, -0.1) is 11.3 Å². The Morgan fingerprint density at radius 3 is 2.17 bits per heavy atom. The van der Waals surface area contributed by atoms with Crippen molar-refractivity contribution in [2.45, 2.75) is 6.92 Å². The van der Waals surface area contributed by atoms with Gasteiger partial charge in [-0.3, -0.25) is 4.79 Å². The lowest BCUT2D eigenvalue weighted by atomic mass is 9.99. The van der Waals surface area contributed by atoms with Gasteiger partial charge in [0.25, 0.3) is 5.91 Å². The Morgan fingerprint density at radius 1 is 0.943 bits per heavy atom. The van der Waals surface area contributed by atoms with Gasteiger partial charge in [0.1, 0.15) is 9.71 Å². The molecular formula is C27H26N4O3S. The molecule has 3 heterocycles. The lowest BCUT2D eigenvalue weighted by Crippen LogP contribution is -2.50. The molecule has 1 saturated heterocycles. The zero-order valence-electron chi connectivity index (χ0n) is 19.4. The second-order valence-corrected chi connectivity index (χ2v) is 9.29. The number of carbonyl (C=O) groups is 2. The van der Waals surface area contributed by atoms with E-state index in [0.29, 0.717) is 43.4 Å². The number of nitrogens with two attached hydrogens (primary N) is 1. The maximum Gasteiger partial charge on any atom is 0.409 e. The summed E-state index contributed by atoms with van der Waals surface area (Å²) in [5, 5.41) is 0.800. The minimum atomic E-state index is -0.342. The lowest BCUT2D eigenvalue weighted by molar-refractivity contribution is 0.0575. The first-order valence-electron chi connectivity index (χ1n) is 11.6. The summed E-state index contributed by atoms with van der Waals surface area (Å²) < 4.78 is 5.08. The molecule has 0 radical (unpaired) electrons. The maximum absolute atomic E-state index is 13.5. The number of anilines is 1. The summed E-state index contributed by atoms with van der Waals surface area (Å²) in [5.41, 5.74) is 10.9. The summed E-state index contributed by atoms with van der Waals surface area (Å²) in [6.45, 7) is 3.84. The molecule has 5 rings (SSSR count). The third kappa shape index (κ3) is 4.44. The zero-order chi connectivity index (χ0) is 24.4. The molecule has 2 aromatic carbocycles. The van der Waals surface area contributed by atoms with Crippen LogP contribution in [0.3, 0.4) is 0 Å². The highest BCUT2D eigenvalue weighted by molar-refractivity contribution is 7.21. The van der Waals surface area contributed by atoms with Gasteiger partial charge in [0.15, 0.2) is 0 Å². The SMILES string of the molecule is CCOC(=O)N1CCN(C(=O)c2sc3nc(-c4ccccc4)cc(-c4ccccc4)c3c2N)CC1. The van der Waals surface area contributed by atoms with Crippen LogP contribution in [0.4, 0.5) is 10.5 Å². The highest BCUT2D eigenvalue weighted by Crippen LogP contribution is 2.41. The molecule has 8 heteroatoms. The van der Waals surface area contributed by atoms with Crippen LogP contribution in [0, 0.1) is 0 Å².